The van der Waals surface area contributed by atoms with E-state index in [0.29, 0.717) is 10.6 Å². The van der Waals surface area contributed by atoms with Gasteiger partial charge in [-0.05, 0) is 24.3 Å². The summed E-state index contributed by atoms with van der Waals surface area (Å²) in [7, 11) is 1.53. The Hall–Kier alpha value is -2.94. The van der Waals surface area contributed by atoms with E-state index in [2.05, 4.69) is 0 Å². The molecule has 2 aromatic rings. The number of nitrogens with zero attached hydrogens (tertiary/aromatic N) is 2. The van der Waals surface area contributed by atoms with Crippen LogP contribution >= 0.6 is 11.8 Å². The zero-order valence-corrected chi connectivity index (χ0v) is 14.7. The van der Waals surface area contributed by atoms with Gasteiger partial charge in [0, 0.05) is 27.9 Å². The number of nitro groups is 2. The van der Waals surface area contributed by atoms with Gasteiger partial charge in [0.2, 0.25) is 6.54 Å². The average Bonchev–Trinajstić information content (AvgIpc) is 2.61. The lowest BCUT2D eigenvalue weighted by atomic mass is 9.95. The monoisotopic (exact) mass is 376 g/mol. The first-order chi connectivity index (χ1) is 12.4. The molecule has 1 atom stereocenters. The molecule has 2 aromatic carbocycles. The molecule has 8 nitrogen and oxygen atoms in total. The number of ether oxygens (including phenoxy) is 1. The summed E-state index contributed by atoms with van der Waals surface area (Å²) < 4.78 is 5.04. The van der Waals surface area contributed by atoms with E-state index < -0.39 is 22.3 Å². The fourth-order valence-electron chi connectivity index (χ4n) is 2.47. The van der Waals surface area contributed by atoms with Gasteiger partial charge >= 0.3 is 0 Å². The molecule has 0 saturated heterocycles. The lowest BCUT2D eigenvalue weighted by Crippen LogP contribution is -2.16. The molecule has 26 heavy (non-hydrogen) atoms. The van der Waals surface area contributed by atoms with Gasteiger partial charge in [-0.3, -0.25) is 25.0 Å². The third-order valence-corrected chi connectivity index (χ3v) is 4.55. The number of benzene rings is 2. The molecule has 0 aromatic heterocycles. The van der Waals surface area contributed by atoms with Crippen molar-refractivity contribution in [3.8, 4) is 5.75 Å². The molecule has 2 rings (SSSR count). The third-order valence-electron chi connectivity index (χ3n) is 3.65. The van der Waals surface area contributed by atoms with Crippen LogP contribution in [0.4, 0.5) is 5.69 Å². The van der Waals surface area contributed by atoms with Gasteiger partial charge in [-0.15, -0.1) is 0 Å². The highest BCUT2D eigenvalue weighted by Gasteiger charge is 2.28. The maximum absolute atomic E-state index is 12.4. The summed E-state index contributed by atoms with van der Waals surface area (Å²) in [5, 5.41) is 21.9. The standard InChI is InChI=1S/C17H16N2O6S/c1-25-13-6-8-14(9-7-13)26-17(20)10-12(11-18(21)22)15-4-2-3-5-16(15)19(23)24/h2-9,12H,10-11H2,1H3/t12-/m0/s1. The predicted molar refractivity (Wildman–Crippen MR) is 96.2 cm³/mol. The molecule has 0 aliphatic carbocycles. The van der Waals surface area contributed by atoms with Crippen LogP contribution in [0.25, 0.3) is 0 Å². The molecule has 0 radical (unpaired) electrons. The Kier molecular flexibility index (Phi) is 6.67. The van der Waals surface area contributed by atoms with Gasteiger partial charge in [-0.2, -0.15) is 0 Å². The van der Waals surface area contributed by atoms with Crippen LogP contribution in [0, 0.1) is 20.2 Å². The fraction of sp³-hybridized carbons (Fsp3) is 0.235. The molecule has 0 unspecified atom stereocenters. The number of nitro benzene ring substituents is 1. The van der Waals surface area contributed by atoms with Gasteiger partial charge in [0.15, 0.2) is 5.12 Å². The van der Waals surface area contributed by atoms with E-state index in [4.69, 9.17) is 4.74 Å². The molecule has 0 spiro atoms. The number of hydrogen-bond acceptors (Lipinski definition) is 7. The largest absolute Gasteiger partial charge is 0.497 e. The van der Waals surface area contributed by atoms with Crippen molar-refractivity contribution in [3.05, 3.63) is 74.3 Å². The molecular formula is C17H16N2O6S. The Bertz CT molecular complexity index is 809. The minimum atomic E-state index is -0.871. The lowest BCUT2D eigenvalue weighted by Gasteiger charge is -2.12. The quantitative estimate of drug-likeness (QED) is 0.392. The maximum atomic E-state index is 12.4. The van der Waals surface area contributed by atoms with Crippen LogP contribution in [0.5, 0.6) is 5.75 Å². The Balaban J connectivity index is 2.18. The summed E-state index contributed by atoms with van der Waals surface area (Å²) >= 11 is 0.940. The van der Waals surface area contributed by atoms with E-state index >= 15 is 0 Å². The molecule has 9 heteroatoms. The molecule has 0 aliphatic rings. The van der Waals surface area contributed by atoms with Gasteiger partial charge in [0.05, 0.1) is 18.0 Å². The van der Waals surface area contributed by atoms with E-state index in [9.17, 15) is 25.0 Å². The van der Waals surface area contributed by atoms with E-state index in [-0.39, 0.29) is 22.8 Å². The van der Waals surface area contributed by atoms with Crippen LogP contribution in [0.15, 0.2) is 53.4 Å². The third kappa shape index (κ3) is 5.28. The molecular weight excluding hydrogens is 360 g/mol. The Morgan fingerprint density at radius 1 is 1.12 bits per heavy atom. The lowest BCUT2D eigenvalue weighted by molar-refractivity contribution is -0.483. The van der Waals surface area contributed by atoms with Crippen molar-refractivity contribution < 1.29 is 19.4 Å². The minimum absolute atomic E-state index is 0.178. The summed E-state index contributed by atoms with van der Waals surface area (Å²) in [6.45, 7) is -0.556. The summed E-state index contributed by atoms with van der Waals surface area (Å²) in [4.78, 5) is 34.0. The second-order valence-electron chi connectivity index (χ2n) is 5.38. The van der Waals surface area contributed by atoms with Crippen LogP contribution in [-0.4, -0.2) is 28.6 Å². The van der Waals surface area contributed by atoms with Gasteiger partial charge < -0.3 is 4.74 Å². The van der Waals surface area contributed by atoms with Gasteiger partial charge in [0.1, 0.15) is 5.75 Å². The summed E-state index contributed by atoms with van der Waals surface area (Å²) in [5.41, 5.74) is -0.0283. The Morgan fingerprint density at radius 3 is 2.35 bits per heavy atom. The van der Waals surface area contributed by atoms with Crippen molar-refractivity contribution in [2.24, 2.45) is 0 Å². The van der Waals surface area contributed by atoms with Crippen molar-refractivity contribution in [1.29, 1.82) is 0 Å². The number of methoxy groups -OCH3 is 1. The number of carbonyl (C=O) groups is 1. The second-order valence-corrected chi connectivity index (χ2v) is 6.51. The van der Waals surface area contributed by atoms with E-state index in [1.165, 1.54) is 25.3 Å². The molecule has 136 valence electrons. The molecule has 0 bridgehead atoms. The maximum Gasteiger partial charge on any atom is 0.273 e. The molecule has 0 saturated carbocycles. The Morgan fingerprint density at radius 2 is 1.77 bits per heavy atom. The number of hydrogen-bond donors (Lipinski definition) is 0. The highest BCUT2D eigenvalue weighted by molar-refractivity contribution is 8.13. The van der Waals surface area contributed by atoms with Crippen LogP contribution in [0.2, 0.25) is 0 Å². The van der Waals surface area contributed by atoms with E-state index in [1.807, 2.05) is 0 Å². The first kappa shape index (κ1) is 19.4. The number of rotatable bonds is 8. The normalized spacial score (nSPS) is 11.6. The van der Waals surface area contributed by atoms with Crippen molar-refractivity contribution >= 4 is 22.6 Å². The number of para-hydroxylation sites is 1. The highest BCUT2D eigenvalue weighted by atomic mass is 32.2. The van der Waals surface area contributed by atoms with Crippen LogP contribution in [0.1, 0.15) is 17.9 Å². The van der Waals surface area contributed by atoms with Crippen LogP contribution in [-0.2, 0) is 4.79 Å². The Labute approximate surface area is 153 Å². The SMILES string of the molecule is COc1ccc(SC(=O)C[C@@H](C[N+](=O)[O-])c2ccccc2[N+](=O)[O-])cc1. The topological polar surface area (TPSA) is 113 Å². The van der Waals surface area contributed by atoms with Gasteiger partial charge in [-0.1, -0.05) is 30.0 Å². The van der Waals surface area contributed by atoms with Gasteiger partial charge in [0.25, 0.3) is 5.69 Å². The first-order valence-corrected chi connectivity index (χ1v) is 8.42. The predicted octanol–water partition coefficient (Wildman–Crippen LogP) is 3.67. The second kappa shape index (κ2) is 8.95. The number of carbonyl (C=O) groups excluding carboxylic acids is 1. The molecule has 0 N–H and O–H groups in total. The molecule has 0 heterocycles. The summed E-state index contributed by atoms with van der Waals surface area (Å²) in [6, 6.07) is 12.6. The van der Waals surface area contributed by atoms with Crippen LogP contribution in [0.3, 0.4) is 0 Å². The van der Waals surface area contributed by atoms with Gasteiger partial charge in [-0.25, -0.2) is 0 Å². The first-order valence-electron chi connectivity index (χ1n) is 7.60. The van der Waals surface area contributed by atoms with Crippen molar-refractivity contribution in [2.75, 3.05) is 13.7 Å². The summed E-state index contributed by atoms with van der Waals surface area (Å²) in [6.07, 6.45) is -0.178. The zero-order valence-electron chi connectivity index (χ0n) is 13.9. The molecule has 0 amide bonds. The molecule has 0 aliphatic heterocycles. The minimum Gasteiger partial charge on any atom is -0.497 e. The average molecular weight is 376 g/mol. The highest BCUT2D eigenvalue weighted by Crippen LogP contribution is 2.32. The van der Waals surface area contributed by atoms with Crippen molar-refractivity contribution in [1.82, 2.24) is 0 Å². The van der Waals surface area contributed by atoms with E-state index in [1.54, 1.807) is 30.3 Å². The van der Waals surface area contributed by atoms with E-state index in [0.717, 1.165) is 11.8 Å². The number of thioether (sulfide) groups is 1. The molecule has 0 fully saturated rings. The smallest absolute Gasteiger partial charge is 0.273 e. The fourth-order valence-corrected chi connectivity index (χ4v) is 3.29. The summed E-state index contributed by atoms with van der Waals surface area (Å²) in [5.74, 6) is -0.224. The van der Waals surface area contributed by atoms with Crippen molar-refractivity contribution in [3.63, 3.8) is 0 Å². The zero-order chi connectivity index (χ0) is 19.1. The van der Waals surface area contributed by atoms with Crippen molar-refractivity contribution in [2.45, 2.75) is 17.2 Å². The van der Waals surface area contributed by atoms with Crippen LogP contribution < -0.4 is 4.74 Å².